The topological polar surface area (TPSA) is 66.8 Å². The first-order valence-electron chi connectivity index (χ1n) is 12.0. The van der Waals surface area contributed by atoms with Gasteiger partial charge in [0.05, 0.1) is 24.8 Å². The summed E-state index contributed by atoms with van der Waals surface area (Å²) in [7, 11) is 1.35. The lowest BCUT2D eigenvalue weighted by atomic mass is 9.73. The molecule has 34 heavy (non-hydrogen) atoms. The largest absolute Gasteiger partial charge is 0.465 e. The summed E-state index contributed by atoms with van der Waals surface area (Å²) in [4.78, 5) is 26.0. The lowest BCUT2D eigenvalue weighted by molar-refractivity contribution is -0.128. The number of aliphatic hydroxyl groups is 1. The standard InChI is InChI=1S/C28H32FNO4/c1-34-27(33)21-10-8-20(9-11-21)16-19-30-22(13-15-26(30)32)12-14-25(31)28(17-4-5-18-28)23-6-2-3-7-24(23)29/h2-3,6-12,14,22,25,31H,4-5,13,15-19H2,1H3/b14-12+/t22-,25?/m0/s1. The molecule has 1 amide bonds. The van der Waals surface area contributed by atoms with Crippen molar-refractivity contribution in [3.63, 3.8) is 0 Å². The van der Waals surface area contributed by atoms with E-state index in [4.69, 9.17) is 4.74 Å². The highest BCUT2D eigenvalue weighted by atomic mass is 19.1. The summed E-state index contributed by atoms with van der Waals surface area (Å²) in [5, 5.41) is 11.2. The normalized spacial score (nSPS) is 20.7. The summed E-state index contributed by atoms with van der Waals surface area (Å²) in [6.45, 7) is 0.556. The monoisotopic (exact) mass is 465 g/mol. The Kier molecular flexibility index (Phi) is 7.47. The highest BCUT2D eigenvalue weighted by molar-refractivity contribution is 5.89. The van der Waals surface area contributed by atoms with Gasteiger partial charge in [-0.2, -0.15) is 0 Å². The van der Waals surface area contributed by atoms with Gasteiger partial charge in [0.1, 0.15) is 5.82 Å². The van der Waals surface area contributed by atoms with Gasteiger partial charge < -0.3 is 14.7 Å². The molecule has 1 saturated heterocycles. The summed E-state index contributed by atoms with van der Waals surface area (Å²) in [5.41, 5.74) is 1.49. The van der Waals surface area contributed by atoms with Crippen LogP contribution in [0.2, 0.25) is 0 Å². The molecular formula is C28H32FNO4. The molecule has 1 unspecified atom stereocenters. The number of rotatable bonds is 8. The molecule has 0 spiro atoms. The van der Waals surface area contributed by atoms with Crippen LogP contribution in [0.4, 0.5) is 4.39 Å². The first-order valence-corrected chi connectivity index (χ1v) is 12.0. The van der Waals surface area contributed by atoms with Gasteiger partial charge >= 0.3 is 5.97 Å². The fourth-order valence-electron chi connectivity index (χ4n) is 5.43. The van der Waals surface area contributed by atoms with E-state index >= 15 is 0 Å². The van der Waals surface area contributed by atoms with Crippen molar-refractivity contribution < 1.29 is 23.8 Å². The number of aliphatic hydroxyl groups excluding tert-OH is 1. The molecule has 1 aliphatic carbocycles. The number of carbonyl (C=O) groups is 2. The third kappa shape index (κ3) is 4.92. The van der Waals surface area contributed by atoms with Crippen LogP contribution in [-0.4, -0.2) is 47.7 Å². The number of amides is 1. The molecule has 180 valence electrons. The van der Waals surface area contributed by atoms with Crippen LogP contribution < -0.4 is 0 Å². The Morgan fingerprint density at radius 3 is 2.59 bits per heavy atom. The summed E-state index contributed by atoms with van der Waals surface area (Å²) in [5.74, 6) is -0.548. The van der Waals surface area contributed by atoms with E-state index in [1.165, 1.54) is 13.2 Å². The van der Waals surface area contributed by atoms with Crippen molar-refractivity contribution in [3.05, 3.63) is 83.2 Å². The number of carbonyl (C=O) groups excluding carboxylic acids is 2. The van der Waals surface area contributed by atoms with Crippen molar-refractivity contribution in [3.8, 4) is 0 Å². The molecular weight excluding hydrogens is 433 g/mol. The number of nitrogens with zero attached hydrogens (tertiary/aromatic N) is 1. The number of halogens is 1. The van der Waals surface area contributed by atoms with Crippen LogP contribution >= 0.6 is 0 Å². The lowest BCUT2D eigenvalue weighted by Crippen LogP contribution is -2.38. The lowest BCUT2D eigenvalue weighted by Gasteiger charge is -2.34. The fraction of sp³-hybridized carbons (Fsp3) is 0.429. The minimum absolute atomic E-state index is 0.0874. The Labute approximate surface area is 200 Å². The average molecular weight is 466 g/mol. The van der Waals surface area contributed by atoms with Crippen molar-refractivity contribution in [2.24, 2.45) is 0 Å². The van der Waals surface area contributed by atoms with Gasteiger partial charge in [-0.1, -0.05) is 55.3 Å². The van der Waals surface area contributed by atoms with Gasteiger partial charge in [-0.15, -0.1) is 0 Å². The third-order valence-electron chi connectivity index (χ3n) is 7.38. The number of benzene rings is 2. The van der Waals surface area contributed by atoms with E-state index in [2.05, 4.69) is 0 Å². The summed E-state index contributed by atoms with van der Waals surface area (Å²) < 4.78 is 19.4. The van der Waals surface area contributed by atoms with Crippen LogP contribution in [-0.2, 0) is 21.4 Å². The summed E-state index contributed by atoms with van der Waals surface area (Å²) in [6.07, 6.45) is 8.15. The predicted octanol–water partition coefficient (Wildman–Crippen LogP) is 4.57. The molecule has 1 saturated carbocycles. The second-order valence-electron chi connectivity index (χ2n) is 9.30. The highest BCUT2D eigenvalue weighted by Crippen LogP contribution is 2.45. The third-order valence-corrected chi connectivity index (χ3v) is 7.38. The molecule has 0 aromatic heterocycles. The smallest absolute Gasteiger partial charge is 0.337 e. The van der Waals surface area contributed by atoms with Crippen molar-refractivity contribution in [1.29, 1.82) is 0 Å². The molecule has 2 fully saturated rings. The molecule has 2 aromatic rings. The molecule has 0 bridgehead atoms. The second-order valence-corrected chi connectivity index (χ2v) is 9.30. The van der Waals surface area contributed by atoms with Crippen LogP contribution in [0.5, 0.6) is 0 Å². The molecule has 1 N–H and O–H groups in total. The molecule has 2 aromatic carbocycles. The number of esters is 1. The van der Waals surface area contributed by atoms with Crippen molar-refractivity contribution in [2.45, 2.75) is 62.5 Å². The van der Waals surface area contributed by atoms with Gasteiger partial charge in [-0.05, 0) is 55.0 Å². The minimum atomic E-state index is -0.810. The number of methoxy groups -OCH3 is 1. The second kappa shape index (κ2) is 10.5. The van der Waals surface area contributed by atoms with Gasteiger partial charge in [0, 0.05) is 18.4 Å². The first-order chi connectivity index (χ1) is 16.4. The molecule has 4 rings (SSSR count). The Bertz CT molecular complexity index is 1040. The molecule has 1 aliphatic heterocycles. The van der Waals surface area contributed by atoms with Gasteiger partial charge in [-0.3, -0.25) is 4.79 Å². The minimum Gasteiger partial charge on any atom is -0.465 e. The Morgan fingerprint density at radius 1 is 1.21 bits per heavy atom. The van der Waals surface area contributed by atoms with Crippen LogP contribution in [0.15, 0.2) is 60.7 Å². The quantitative estimate of drug-likeness (QED) is 0.458. The predicted molar refractivity (Wildman–Crippen MR) is 128 cm³/mol. The summed E-state index contributed by atoms with van der Waals surface area (Å²) in [6, 6.07) is 13.9. The highest BCUT2D eigenvalue weighted by Gasteiger charge is 2.43. The zero-order valence-electron chi connectivity index (χ0n) is 19.6. The average Bonchev–Trinajstić information content (AvgIpc) is 3.49. The van der Waals surface area contributed by atoms with E-state index in [9.17, 15) is 19.1 Å². The Hall–Kier alpha value is -2.99. The number of likely N-dealkylation sites (tertiary alicyclic amines) is 1. The van der Waals surface area contributed by atoms with E-state index in [-0.39, 0.29) is 23.7 Å². The van der Waals surface area contributed by atoms with Gasteiger partial charge in [0.25, 0.3) is 0 Å². The SMILES string of the molecule is COC(=O)c1ccc(CCN2C(=O)CC[C@@H]2/C=C/C(O)C2(c3ccccc3F)CCCC2)cc1. The van der Waals surface area contributed by atoms with Crippen molar-refractivity contribution in [2.75, 3.05) is 13.7 Å². The number of hydrogen-bond acceptors (Lipinski definition) is 4. The van der Waals surface area contributed by atoms with E-state index < -0.39 is 11.5 Å². The first kappa shape index (κ1) is 24.1. The molecule has 0 radical (unpaired) electrons. The molecule has 2 aliphatic rings. The maximum absolute atomic E-state index is 14.6. The fourth-order valence-corrected chi connectivity index (χ4v) is 5.43. The van der Waals surface area contributed by atoms with Crippen LogP contribution in [0, 0.1) is 5.82 Å². The van der Waals surface area contributed by atoms with Crippen molar-refractivity contribution >= 4 is 11.9 Å². The van der Waals surface area contributed by atoms with E-state index in [1.54, 1.807) is 30.3 Å². The van der Waals surface area contributed by atoms with Gasteiger partial charge in [0.15, 0.2) is 0 Å². The van der Waals surface area contributed by atoms with Crippen LogP contribution in [0.25, 0.3) is 0 Å². The maximum Gasteiger partial charge on any atom is 0.337 e. The number of ether oxygens (including phenoxy) is 1. The van der Waals surface area contributed by atoms with Crippen LogP contribution in [0.3, 0.4) is 0 Å². The van der Waals surface area contributed by atoms with Crippen LogP contribution in [0.1, 0.15) is 60.0 Å². The van der Waals surface area contributed by atoms with Crippen molar-refractivity contribution in [1.82, 2.24) is 4.90 Å². The number of hydrogen-bond donors (Lipinski definition) is 1. The zero-order valence-corrected chi connectivity index (χ0v) is 19.6. The zero-order chi connectivity index (χ0) is 24.1. The Balaban J connectivity index is 1.44. The molecule has 6 heteroatoms. The molecule has 1 heterocycles. The molecule has 2 atom stereocenters. The van der Waals surface area contributed by atoms with E-state index in [1.807, 2.05) is 29.2 Å². The van der Waals surface area contributed by atoms with E-state index in [0.29, 0.717) is 36.9 Å². The maximum atomic E-state index is 14.6. The van der Waals surface area contributed by atoms with E-state index in [0.717, 1.165) is 31.2 Å². The van der Waals surface area contributed by atoms with Gasteiger partial charge in [-0.25, -0.2) is 9.18 Å². The Morgan fingerprint density at radius 2 is 1.91 bits per heavy atom. The summed E-state index contributed by atoms with van der Waals surface area (Å²) >= 11 is 0. The molecule has 5 nitrogen and oxygen atoms in total. The van der Waals surface area contributed by atoms with Gasteiger partial charge in [0.2, 0.25) is 5.91 Å².